The summed E-state index contributed by atoms with van der Waals surface area (Å²) in [6.45, 7) is 5.37. The van der Waals surface area contributed by atoms with Crippen LogP contribution in [0.2, 0.25) is 0 Å². The molecule has 0 bridgehead atoms. The molecule has 1 fully saturated rings. The van der Waals surface area contributed by atoms with Crippen LogP contribution in [0.25, 0.3) is 0 Å². The maximum atomic E-state index is 14.9. The maximum Gasteiger partial charge on any atom is 0.470 e. The molecule has 0 aromatic heterocycles. The minimum absolute atomic E-state index is 0.0894. The first-order valence-electron chi connectivity index (χ1n) is 44.8. The molecule has 112 heavy (non-hydrogen) atoms. The summed E-state index contributed by atoms with van der Waals surface area (Å²) in [5, 5.41) is 19.8. The number of rotatable bonds is 72. The van der Waals surface area contributed by atoms with Gasteiger partial charge in [0.1, 0.15) is 36.6 Å². The molecule has 3 amide bonds. The van der Waals surface area contributed by atoms with E-state index in [0.29, 0.717) is 51.4 Å². The maximum absolute atomic E-state index is 14.9. The predicted molar refractivity (Wildman–Crippen MR) is 448 cm³/mol. The van der Waals surface area contributed by atoms with E-state index in [1.54, 1.807) is 0 Å². The highest BCUT2D eigenvalue weighted by molar-refractivity contribution is 7.46. The number of phosphoric ester groups is 1. The van der Waals surface area contributed by atoms with Crippen molar-refractivity contribution in [3.63, 3.8) is 0 Å². The van der Waals surface area contributed by atoms with Crippen molar-refractivity contribution in [3.05, 3.63) is 108 Å². The molecule has 3 unspecified atom stereocenters. The van der Waals surface area contributed by atoms with Crippen LogP contribution < -0.4 is 16.0 Å². The van der Waals surface area contributed by atoms with Gasteiger partial charge in [0.25, 0.3) is 0 Å². The van der Waals surface area contributed by atoms with E-state index in [9.17, 15) is 48.2 Å². The number of carbonyl (C=O) groups is 6. The first-order valence-corrected chi connectivity index (χ1v) is 46.3. The second-order valence-electron chi connectivity index (χ2n) is 31.8. The topological polar surface area (TPSA) is 272 Å². The molecule has 1 aliphatic rings. The van der Waals surface area contributed by atoms with E-state index in [-0.39, 0.29) is 57.6 Å². The van der Waals surface area contributed by atoms with Crippen LogP contribution in [0.3, 0.4) is 0 Å². The van der Waals surface area contributed by atoms with E-state index in [1.165, 1.54) is 93.7 Å². The van der Waals surface area contributed by atoms with Gasteiger partial charge in [0.15, 0.2) is 6.29 Å². The fourth-order valence-corrected chi connectivity index (χ4v) is 15.7. The molecule has 8 atom stereocenters. The SMILES string of the molecule is CCCCCCCCCCC[C@H](CC(=O)NCCO[C@@H]1OC(CO)[C@@H](OP(=O)(O)O)C(NC(=O)C[C@@H](CCCCCCCCCCC)OC(=O)CCCCCCCc2ccccc2)C1NC(=O)C[C@@H](CCCCCCCCCCC)OC(=O)CCCCCCCc1ccccc1)OC(=O)CCCCCCCc1ccccc1. The summed E-state index contributed by atoms with van der Waals surface area (Å²) in [5.41, 5.74) is 3.91. The Labute approximate surface area is 676 Å². The normalized spacial score (nSPS) is 16.5. The highest BCUT2D eigenvalue weighted by atomic mass is 31.2. The van der Waals surface area contributed by atoms with E-state index >= 15 is 0 Å². The highest BCUT2D eigenvalue weighted by Crippen LogP contribution is 2.42. The van der Waals surface area contributed by atoms with Crippen molar-refractivity contribution >= 4 is 43.5 Å². The van der Waals surface area contributed by atoms with Crippen molar-refractivity contribution in [2.45, 2.75) is 416 Å². The number of hydrogen-bond acceptors (Lipinski definition) is 14. The van der Waals surface area contributed by atoms with Crippen molar-refractivity contribution in [2.24, 2.45) is 0 Å². The lowest BCUT2D eigenvalue weighted by Crippen LogP contribution is -2.70. The zero-order valence-electron chi connectivity index (χ0n) is 69.7. The number of benzene rings is 3. The fourth-order valence-electron chi connectivity index (χ4n) is 15.1. The molecule has 0 aliphatic carbocycles. The molecule has 1 saturated heterocycles. The molecule has 3 aromatic rings. The van der Waals surface area contributed by atoms with Gasteiger partial charge in [0, 0.05) is 25.8 Å². The van der Waals surface area contributed by atoms with Gasteiger partial charge in [0.05, 0.1) is 38.5 Å². The van der Waals surface area contributed by atoms with Gasteiger partial charge in [-0.05, 0) is 113 Å². The van der Waals surface area contributed by atoms with E-state index in [1.807, 2.05) is 42.5 Å². The minimum Gasteiger partial charge on any atom is -0.462 e. The number of aliphatic hydroxyl groups excluding tert-OH is 1. The Balaban J connectivity index is 1.58. The standard InChI is InChI=1S/C92H152N3O16P/c1-4-7-10-13-16-19-22-31-49-64-79(107-86(100)67-52-34-25-28-40-55-76-58-43-37-44-59-76)72-83(97)93-70-71-106-92-90(95-85(99)74-81(66-51-33-24-21-18-15-12-9-6-3)109-88(102)69-54-36-27-30-42-57-78-62-47-39-48-63-78)89(91(82(75-96)110-92)111-112(103,104)105)94-84(98)73-80(65-50-32-23-20-17-14-11-8-5-2)108-87(101)68-53-35-26-29-41-56-77-60-45-38-46-61-77/h37-39,43-48,58-63,79-82,89-92,96H,4-36,40-42,49-57,64-75H2,1-3H3,(H,93,97)(H,94,98)(H,95,99)(H2,103,104,105)/t79-,80-,81-,82?,89?,90?,91-,92-/m1/s1. The quantitative estimate of drug-likeness (QED) is 0.0133. The number of nitrogens with one attached hydrogen (secondary N) is 3. The Morgan fingerprint density at radius 3 is 1.01 bits per heavy atom. The van der Waals surface area contributed by atoms with Crippen LogP contribution in [0.4, 0.5) is 0 Å². The van der Waals surface area contributed by atoms with Gasteiger partial charge < -0.3 is 54.5 Å². The molecule has 19 nitrogen and oxygen atoms in total. The van der Waals surface area contributed by atoms with Crippen molar-refractivity contribution in [3.8, 4) is 0 Å². The van der Waals surface area contributed by atoms with Gasteiger partial charge in [0.2, 0.25) is 17.7 Å². The molecule has 0 spiro atoms. The smallest absolute Gasteiger partial charge is 0.462 e. The van der Waals surface area contributed by atoms with Gasteiger partial charge in [-0.15, -0.1) is 0 Å². The molecule has 20 heteroatoms. The number of aryl methyl sites for hydroxylation is 3. The summed E-state index contributed by atoms with van der Waals surface area (Å²) in [6, 6.07) is 28.1. The van der Waals surface area contributed by atoms with Crippen LogP contribution in [0.5, 0.6) is 0 Å². The summed E-state index contributed by atoms with van der Waals surface area (Å²) in [7, 11) is -5.46. The largest absolute Gasteiger partial charge is 0.470 e. The van der Waals surface area contributed by atoms with E-state index in [0.717, 1.165) is 180 Å². The van der Waals surface area contributed by atoms with Crippen LogP contribution in [0, 0.1) is 0 Å². The van der Waals surface area contributed by atoms with Gasteiger partial charge >= 0.3 is 25.7 Å². The van der Waals surface area contributed by atoms with Crippen LogP contribution in [-0.2, 0) is 80.8 Å². The average molecular weight is 1590 g/mol. The Bertz CT molecular complexity index is 2890. The van der Waals surface area contributed by atoms with Crippen molar-refractivity contribution in [1.82, 2.24) is 16.0 Å². The predicted octanol–water partition coefficient (Wildman–Crippen LogP) is 20.7. The lowest BCUT2D eigenvalue weighted by molar-refractivity contribution is -0.247. The van der Waals surface area contributed by atoms with Gasteiger partial charge in [-0.2, -0.15) is 0 Å². The lowest BCUT2D eigenvalue weighted by Gasteiger charge is -2.46. The molecule has 6 N–H and O–H groups in total. The number of hydrogen-bond donors (Lipinski definition) is 6. The zero-order chi connectivity index (χ0) is 80.6. The molecular formula is C92H152N3O16P. The number of ether oxygens (including phenoxy) is 5. The van der Waals surface area contributed by atoms with Gasteiger partial charge in [-0.25, -0.2) is 4.57 Å². The average Bonchev–Trinajstić information content (AvgIpc) is 0.780. The monoisotopic (exact) mass is 1590 g/mol. The van der Waals surface area contributed by atoms with E-state index in [4.69, 9.17) is 28.2 Å². The fraction of sp³-hybridized carbons (Fsp3) is 0.739. The number of unbranched alkanes of at least 4 members (excludes halogenated alkanes) is 36. The second kappa shape index (κ2) is 65.6. The zero-order valence-corrected chi connectivity index (χ0v) is 70.6. The second-order valence-corrected chi connectivity index (χ2v) is 32.9. The lowest BCUT2D eigenvalue weighted by atomic mass is 9.93. The number of amides is 3. The van der Waals surface area contributed by atoms with Crippen LogP contribution in [0.1, 0.15) is 365 Å². The molecular weight excluding hydrogens is 1430 g/mol. The van der Waals surface area contributed by atoms with E-state index < -0.39 is 93.0 Å². The number of aliphatic hydroxyl groups is 1. The van der Waals surface area contributed by atoms with E-state index in [2.05, 4.69) is 85.3 Å². The summed E-state index contributed by atoms with van der Waals surface area (Å²) in [6.07, 6.45) is 39.3. The molecule has 1 heterocycles. The van der Waals surface area contributed by atoms with Gasteiger partial charge in [-0.3, -0.25) is 33.3 Å². The van der Waals surface area contributed by atoms with Crippen molar-refractivity contribution < 1.29 is 76.4 Å². The van der Waals surface area contributed by atoms with Crippen molar-refractivity contribution in [2.75, 3.05) is 19.8 Å². The number of phosphoric acid groups is 1. The molecule has 0 radical (unpaired) electrons. The summed E-state index contributed by atoms with van der Waals surface area (Å²) < 4.78 is 49.6. The Kier molecular flexibility index (Phi) is 57.9. The molecule has 4 rings (SSSR count). The summed E-state index contributed by atoms with van der Waals surface area (Å²) >= 11 is 0. The van der Waals surface area contributed by atoms with Crippen LogP contribution in [-0.4, -0.2) is 119 Å². The van der Waals surface area contributed by atoms with Crippen LogP contribution in [0.15, 0.2) is 91.0 Å². The van der Waals surface area contributed by atoms with Crippen molar-refractivity contribution in [1.29, 1.82) is 0 Å². The third-order valence-corrected chi connectivity index (χ3v) is 22.1. The summed E-state index contributed by atoms with van der Waals surface area (Å²) in [4.78, 5) is 106. The third kappa shape index (κ3) is 51.4. The molecule has 0 saturated carbocycles. The number of esters is 3. The van der Waals surface area contributed by atoms with Gasteiger partial charge in [-0.1, -0.05) is 324 Å². The first kappa shape index (κ1) is 98.8. The first-order chi connectivity index (χ1) is 54.6. The Morgan fingerprint density at radius 2 is 0.688 bits per heavy atom. The van der Waals surface area contributed by atoms with Crippen LogP contribution >= 0.6 is 7.82 Å². The highest BCUT2D eigenvalue weighted by Gasteiger charge is 2.51. The molecule has 1 aliphatic heterocycles. The molecule has 3 aromatic carbocycles. The minimum atomic E-state index is -5.46. The number of carbonyl (C=O) groups excluding carboxylic acids is 6. The summed E-state index contributed by atoms with van der Waals surface area (Å²) in [5.74, 6) is -2.94. The Morgan fingerprint density at radius 1 is 0.393 bits per heavy atom. The third-order valence-electron chi connectivity index (χ3n) is 21.6. The Hall–Kier alpha value is -5.53. The molecule has 636 valence electrons.